The van der Waals surface area contributed by atoms with Crippen molar-refractivity contribution in [3.8, 4) is 0 Å². The van der Waals surface area contributed by atoms with Crippen LogP contribution in [0.25, 0.3) is 11.1 Å². The molecular formula is C16H22N2O2. The summed E-state index contributed by atoms with van der Waals surface area (Å²) < 4.78 is 11.8. The first-order valence-corrected chi connectivity index (χ1v) is 7.43. The van der Waals surface area contributed by atoms with Crippen LogP contribution in [0.15, 0.2) is 28.7 Å². The molecule has 0 bridgehead atoms. The van der Waals surface area contributed by atoms with Crippen LogP contribution in [-0.2, 0) is 11.2 Å². The van der Waals surface area contributed by atoms with E-state index in [4.69, 9.17) is 9.15 Å². The topological polar surface area (TPSA) is 47.3 Å². The Morgan fingerprint density at radius 1 is 1.40 bits per heavy atom. The summed E-state index contributed by atoms with van der Waals surface area (Å²) in [5.74, 6) is 0.786. The van der Waals surface area contributed by atoms with Crippen LogP contribution in [0.5, 0.6) is 0 Å². The van der Waals surface area contributed by atoms with Gasteiger partial charge in [0, 0.05) is 19.1 Å². The molecule has 4 nitrogen and oxygen atoms in total. The zero-order chi connectivity index (χ0) is 14.0. The molecule has 20 heavy (non-hydrogen) atoms. The van der Waals surface area contributed by atoms with Crippen molar-refractivity contribution in [3.05, 3.63) is 30.2 Å². The summed E-state index contributed by atoms with van der Waals surface area (Å²) in [6, 6.07) is 8.14. The van der Waals surface area contributed by atoms with Gasteiger partial charge in [0.05, 0.1) is 5.60 Å². The number of fused-ring (bicyclic) bond motifs is 1. The van der Waals surface area contributed by atoms with Crippen LogP contribution in [0.4, 0.5) is 0 Å². The Balaban J connectivity index is 1.82. The SMILES string of the molecule is CCNC(Cc1nc2ccccc2o1)C1(C)CCCO1. The van der Waals surface area contributed by atoms with E-state index in [1.54, 1.807) is 0 Å². The predicted molar refractivity (Wildman–Crippen MR) is 78.8 cm³/mol. The van der Waals surface area contributed by atoms with E-state index in [-0.39, 0.29) is 11.6 Å². The fourth-order valence-corrected chi connectivity index (χ4v) is 3.01. The molecule has 0 radical (unpaired) electrons. The number of hydrogen-bond donors (Lipinski definition) is 1. The minimum atomic E-state index is -0.114. The van der Waals surface area contributed by atoms with Crippen molar-refractivity contribution in [2.75, 3.05) is 13.2 Å². The summed E-state index contributed by atoms with van der Waals surface area (Å²) in [5.41, 5.74) is 1.67. The van der Waals surface area contributed by atoms with Gasteiger partial charge in [-0.25, -0.2) is 4.98 Å². The quantitative estimate of drug-likeness (QED) is 0.910. The summed E-state index contributed by atoms with van der Waals surface area (Å²) in [7, 11) is 0. The number of hydrogen-bond acceptors (Lipinski definition) is 4. The number of nitrogens with one attached hydrogen (secondary N) is 1. The van der Waals surface area contributed by atoms with Crippen LogP contribution in [0.2, 0.25) is 0 Å². The van der Waals surface area contributed by atoms with Gasteiger partial charge in [0.2, 0.25) is 0 Å². The van der Waals surface area contributed by atoms with Gasteiger partial charge in [0.15, 0.2) is 11.5 Å². The first-order valence-electron chi connectivity index (χ1n) is 7.43. The third-order valence-corrected chi connectivity index (χ3v) is 4.15. The van der Waals surface area contributed by atoms with E-state index in [2.05, 4.69) is 24.1 Å². The van der Waals surface area contributed by atoms with Gasteiger partial charge >= 0.3 is 0 Å². The van der Waals surface area contributed by atoms with Gasteiger partial charge in [-0.1, -0.05) is 19.1 Å². The molecule has 0 amide bonds. The maximum Gasteiger partial charge on any atom is 0.197 e. The second-order valence-electron chi connectivity index (χ2n) is 5.65. The highest BCUT2D eigenvalue weighted by Crippen LogP contribution is 2.30. The van der Waals surface area contributed by atoms with E-state index in [0.717, 1.165) is 49.4 Å². The maximum atomic E-state index is 5.97. The number of aromatic nitrogens is 1. The fourth-order valence-electron chi connectivity index (χ4n) is 3.01. The summed E-state index contributed by atoms with van der Waals surface area (Å²) >= 11 is 0. The van der Waals surface area contributed by atoms with E-state index in [0.29, 0.717) is 0 Å². The third-order valence-electron chi connectivity index (χ3n) is 4.15. The fraction of sp³-hybridized carbons (Fsp3) is 0.562. The molecule has 1 N–H and O–H groups in total. The molecule has 2 heterocycles. The molecule has 4 heteroatoms. The van der Waals surface area contributed by atoms with Crippen molar-refractivity contribution in [1.82, 2.24) is 10.3 Å². The van der Waals surface area contributed by atoms with E-state index in [1.165, 1.54) is 0 Å². The molecule has 1 fully saturated rings. The molecule has 0 saturated carbocycles. The number of para-hydroxylation sites is 2. The molecule has 2 unspecified atom stereocenters. The number of likely N-dealkylation sites (N-methyl/N-ethyl adjacent to an activating group) is 1. The van der Waals surface area contributed by atoms with Gasteiger partial charge in [-0.2, -0.15) is 0 Å². The highest BCUT2D eigenvalue weighted by Gasteiger charge is 2.38. The van der Waals surface area contributed by atoms with E-state index in [9.17, 15) is 0 Å². The number of benzene rings is 1. The number of nitrogens with zero attached hydrogens (tertiary/aromatic N) is 1. The van der Waals surface area contributed by atoms with Crippen molar-refractivity contribution in [1.29, 1.82) is 0 Å². The lowest BCUT2D eigenvalue weighted by Gasteiger charge is -2.33. The lowest BCUT2D eigenvalue weighted by Crippen LogP contribution is -2.49. The minimum absolute atomic E-state index is 0.114. The summed E-state index contributed by atoms with van der Waals surface area (Å²) in [6.07, 6.45) is 2.98. The Morgan fingerprint density at radius 3 is 2.95 bits per heavy atom. The zero-order valence-electron chi connectivity index (χ0n) is 12.2. The average Bonchev–Trinajstić information content (AvgIpc) is 3.04. The molecule has 1 aromatic heterocycles. The Morgan fingerprint density at radius 2 is 2.25 bits per heavy atom. The zero-order valence-corrected chi connectivity index (χ0v) is 12.2. The molecule has 1 aromatic carbocycles. The van der Waals surface area contributed by atoms with Gasteiger partial charge in [0.1, 0.15) is 5.52 Å². The van der Waals surface area contributed by atoms with Crippen molar-refractivity contribution in [2.24, 2.45) is 0 Å². The van der Waals surface area contributed by atoms with Crippen molar-refractivity contribution < 1.29 is 9.15 Å². The van der Waals surface area contributed by atoms with Crippen LogP contribution >= 0.6 is 0 Å². The highest BCUT2D eigenvalue weighted by molar-refractivity contribution is 5.72. The highest BCUT2D eigenvalue weighted by atomic mass is 16.5. The van der Waals surface area contributed by atoms with Crippen LogP contribution in [0.1, 0.15) is 32.6 Å². The van der Waals surface area contributed by atoms with Gasteiger partial charge < -0.3 is 14.5 Å². The summed E-state index contributed by atoms with van der Waals surface area (Å²) in [4.78, 5) is 4.58. The standard InChI is InChI=1S/C16H22N2O2/c1-3-17-14(16(2)9-6-10-19-16)11-15-18-12-7-4-5-8-13(12)20-15/h4-5,7-8,14,17H,3,6,9-11H2,1-2H3. The summed E-state index contributed by atoms with van der Waals surface area (Å²) in [5, 5.41) is 3.53. The monoisotopic (exact) mass is 274 g/mol. The van der Waals surface area contributed by atoms with Crippen LogP contribution < -0.4 is 5.32 Å². The van der Waals surface area contributed by atoms with Crippen molar-refractivity contribution >= 4 is 11.1 Å². The van der Waals surface area contributed by atoms with Crippen molar-refractivity contribution in [2.45, 2.75) is 44.8 Å². The molecule has 2 atom stereocenters. The normalized spacial score (nSPS) is 24.3. The molecule has 1 saturated heterocycles. The van der Waals surface area contributed by atoms with Gasteiger partial charge in [-0.3, -0.25) is 0 Å². The molecule has 108 valence electrons. The second-order valence-corrected chi connectivity index (χ2v) is 5.65. The molecular weight excluding hydrogens is 252 g/mol. The lowest BCUT2D eigenvalue weighted by atomic mass is 9.90. The first-order chi connectivity index (χ1) is 9.71. The van der Waals surface area contributed by atoms with Crippen LogP contribution in [0, 0.1) is 0 Å². The first kappa shape index (κ1) is 13.6. The number of ether oxygens (including phenoxy) is 1. The summed E-state index contributed by atoms with van der Waals surface area (Å²) in [6.45, 7) is 6.09. The smallest absolute Gasteiger partial charge is 0.197 e. The van der Waals surface area contributed by atoms with Crippen molar-refractivity contribution in [3.63, 3.8) is 0 Å². The van der Waals surface area contributed by atoms with Crippen LogP contribution in [-0.4, -0.2) is 29.8 Å². The maximum absolute atomic E-state index is 5.97. The van der Waals surface area contributed by atoms with E-state index < -0.39 is 0 Å². The third kappa shape index (κ3) is 2.58. The Labute approximate surface area is 119 Å². The molecule has 1 aliphatic rings. The average molecular weight is 274 g/mol. The van der Waals surface area contributed by atoms with E-state index in [1.807, 2.05) is 24.3 Å². The van der Waals surface area contributed by atoms with E-state index >= 15 is 0 Å². The molecule has 0 aliphatic carbocycles. The molecule has 0 spiro atoms. The van der Waals surface area contributed by atoms with Gasteiger partial charge in [-0.15, -0.1) is 0 Å². The lowest BCUT2D eigenvalue weighted by molar-refractivity contribution is -0.0125. The largest absolute Gasteiger partial charge is 0.441 e. The van der Waals surface area contributed by atoms with Gasteiger partial charge in [-0.05, 0) is 38.4 Å². The molecule has 3 rings (SSSR count). The molecule has 1 aliphatic heterocycles. The Kier molecular flexibility index (Phi) is 3.76. The van der Waals surface area contributed by atoms with Crippen LogP contribution in [0.3, 0.4) is 0 Å². The Hall–Kier alpha value is -1.39. The predicted octanol–water partition coefficient (Wildman–Crippen LogP) is 2.92. The van der Waals surface area contributed by atoms with Gasteiger partial charge in [0.25, 0.3) is 0 Å². The minimum Gasteiger partial charge on any atom is -0.441 e. The number of rotatable bonds is 5. The Bertz CT molecular complexity index is 540. The second kappa shape index (κ2) is 5.54. The molecule has 2 aromatic rings. The number of oxazole rings is 1.